The van der Waals surface area contributed by atoms with E-state index in [0.29, 0.717) is 5.69 Å². The third-order valence-electron chi connectivity index (χ3n) is 5.34. The lowest BCUT2D eigenvalue weighted by Crippen LogP contribution is -2.29. The van der Waals surface area contributed by atoms with Gasteiger partial charge in [0.25, 0.3) is 0 Å². The number of nitrogens with zero attached hydrogens (tertiary/aromatic N) is 1. The van der Waals surface area contributed by atoms with E-state index in [2.05, 4.69) is 4.98 Å². The Bertz CT molecular complexity index is 782. The van der Waals surface area contributed by atoms with E-state index in [4.69, 9.17) is 4.74 Å². The van der Waals surface area contributed by atoms with Crippen LogP contribution in [0, 0.1) is 18.8 Å². The van der Waals surface area contributed by atoms with Gasteiger partial charge in [0.2, 0.25) is 0 Å². The third kappa shape index (κ3) is 1.83. The molecule has 4 nitrogen and oxygen atoms in total. The van der Waals surface area contributed by atoms with E-state index in [1.807, 2.05) is 24.4 Å². The van der Waals surface area contributed by atoms with E-state index in [0.717, 1.165) is 27.6 Å². The zero-order valence-corrected chi connectivity index (χ0v) is 14.2. The fourth-order valence-electron chi connectivity index (χ4n) is 4.38. The summed E-state index contributed by atoms with van der Waals surface area (Å²) in [6.07, 6.45) is 1.74. The number of rotatable bonds is 2. The number of Topliss-reactive ketones (excluding diaryl/α,β-unsaturated/α-hetero) is 2. The molecule has 2 aromatic heterocycles. The number of hydrogen-bond acceptors (Lipinski definition) is 6. The molecule has 2 aromatic rings. The molecule has 1 unspecified atom stereocenters. The Kier molecular flexibility index (Phi) is 2.93. The molecule has 0 amide bonds. The van der Waals surface area contributed by atoms with Gasteiger partial charge in [-0.15, -0.1) is 22.7 Å². The smallest absolute Gasteiger partial charge is 0.155 e. The summed E-state index contributed by atoms with van der Waals surface area (Å²) in [4.78, 5) is 32.6. The Labute approximate surface area is 141 Å². The van der Waals surface area contributed by atoms with Gasteiger partial charge in [0.1, 0.15) is 10.9 Å². The molecule has 3 fully saturated rings. The molecule has 23 heavy (non-hydrogen) atoms. The number of aryl methyl sites for hydroxylation is 1. The number of thiazole rings is 1. The number of aromatic nitrogens is 1. The fraction of sp³-hybridized carbons (Fsp3) is 0.471. The molecule has 6 heteroatoms. The summed E-state index contributed by atoms with van der Waals surface area (Å²) in [6.45, 7) is 1.96. The van der Waals surface area contributed by atoms with Crippen LogP contribution in [0.4, 0.5) is 0 Å². The second kappa shape index (κ2) is 4.82. The van der Waals surface area contributed by atoms with Crippen molar-refractivity contribution in [1.29, 1.82) is 0 Å². The zero-order chi connectivity index (χ0) is 15.7. The van der Waals surface area contributed by atoms with E-state index in [-0.39, 0.29) is 35.6 Å². The van der Waals surface area contributed by atoms with E-state index < -0.39 is 5.92 Å². The summed E-state index contributed by atoms with van der Waals surface area (Å²) in [5.74, 6) is -1.03. The van der Waals surface area contributed by atoms with Crippen LogP contribution in [-0.2, 0) is 14.3 Å². The Hall–Kier alpha value is -1.37. The summed E-state index contributed by atoms with van der Waals surface area (Å²) in [5, 5.41) is 2.92. The van der Waals surface area contributed by atoms with Crippen molar-refractivity contribution < 1.29 is 14.3 Å². The molecule has 1 saturated carbocycles. The number of hydrogen-bond donors (Lipinski definition) is 0. The predicted molar refractivity (Wildman–Crippen MR) is 87.8 cm³/mol. The van der Waals surface area contributed by atoms with Gasteiger partial charge in [0.05, 0.1) is 34.6 Å². The fourth-order valence-corrected chi connectivity index (χ4v) is 6.12. The van der Waals surface area contributed by atoms with Gasteiger partial charge in [-0.2, -0.15) is 0 Å². The van der Waals surface area contributed by atoms with E-state index in [1.54, 1.807) is 22.7 Å². The van der Waals surface area contributed by atoms with E-state index in [1.165, 1.54) is 0 Å². The first-order valence-corrected chi connectivity index (χ1v) is 9.59. The zero-order valence-electron chi connectivity index (χ0n) is 12.5. The van der Waals surface area contributed by atoms with Crippen LogP contribution in [0.25, 0.3) is 9.88 Å². The average Bonchev–Trinajstić information content (AvgIpc) is 3.30. The molecule has 1 aliphatic carbocycles. The number of carbonyl (C=O) groups excluding carboxylic acids is 2. The van der Waals surface area contributed by atoms with Crippen molar-refractivity contribution >= 4 is 34.2 Å². The monoisotopic (exact) mass is 345 g/mol. The minimum absolute atomic E-state index is 0.0397. The summed E-state index contributed by atoms with van der Waals surface area (Å²) in [7, 11) is 0. The van der Waals surface area contributed by atoms with Crippen LogP contribution in [0.15, 0.2) is 17.5 Å². The largest absolute Gasteiger partial charge is 0.373 e. The van der Waals surface area contributed by atoms with Gasteiger partial charge in [-0.1, -0.05) is 6.07 Å². The average molecular weight is 345 g/mol. The van der Waals surface area contributed by atoms with Crippen molar-refractivity contribution in [3.8, 4) is 9.88 Å². The lowest BCUT2D eigenvalue weighted by molar-refractivity contribution is -0.127. The maximum atomic E-state index is 12.9. The minimum atomic E-state index is -0.665. The highest BCUT2D eigenvalue weighted by Gasteiger charge is 2.63. The normalized spacial score (nSPS) is 35.3. The summed E-state index contributed by atoms with van der Waals surface area (Å²) in [6, 6.07) is 4.01. The molecule has 0 spiro atoms. The molecule has 3 aliphatic rings. The second-order valence-electron chi connectivity index (χ2n) is 6.52. The highest BCUT2D eigenvalue weighted by atomic mass is 32.1. The van der Waals surface area contributed by atoms with E-state index in [9.17, 15) is 9.59 Å². The van der Waals surface area contributed by atoms with Gasteiger partial charge in [0, 0.05) is 4.88 Å². The van der Waals surface area contributed by atoms with Gasteiger partial charge >= 0.3 is 0 Å². The van der Waals surface area contributed by atoms with E-state index >= 15 is 0 Å². The molecule has 0 N–H and O–H groups in total. The Morgan fingerprint density at radius 3 is 2.48 bits per heavy atom. The van der Waals surface area contributed by atoms with Crippen LogP contribution in [0.5, 0.6) is 0 Å². The van der Waals surface area contributed by atoms with Crippen LogP contribution >= 0.6 is 22.7 Å². The first-order chi connectivity index (χ1) is 11.1. The van der Waals surface area contributed by atoms with Gasteiger partial charge in [0.15, 0.2) is 11.6 Å². The molecule has 0 radical (unpaired) electrons. The number of ketones is 2. The number of fused-ring (bicyclic) bond motifs is 5. The van der Waals surface area contributed by atoms with Gasteiger partial charge < -0.3 is 4.74 Å². The molecule has 2 aliphatic heterocycles. The highest BCUT2D eigenvalue weighted by Crippen LogP contribution is 2.52. The molecule has 5 rings (SSSR count). The number of thiophene rings is 1. The maximum absolute atomic E-state index is 12.9. The first-order valence-electron chi connectivity index (χ1n) is 7.89. The Balaban J connectivity index is 1.55. The maximum Gasteiger partial charge on any atom is 0.155 e. The van der Waals surface area contributed by atoms with Crippen molar-refractivity contribution in [3.63, 3.8) is 0 Å². The standard InChI is InChI=1S/C17H15NO3S2/c1-7-14(18-17(23-7)10-3-2-6-22-10)13-15(19)11-8-4-5-9(21-8)12(11)16(13)20/h2-3,6,8-9,11-13H,4-5H2,1H3/t8-,9+,11-,12+,13?. The predicted octanol–water partition coefficient (Wildman–Crippen LogP) is 3.21. The lowest BCUT2D eigenvalue weighted by Gasteiger charge is -2.16. The minimum Gasteiger partial charge on any atom is -0.373 e. The SMILES string of the molecule is Cc1sc(-c2cccs2)nc1C1C(=O)[C@@H]2[C@H](C1=O)[C@H]1CC[C@@H]2O1. The molecular weight excluding hydrogens is 330 g/mol. The second-order valence-corrected chi connectivity index (χ2v) is 8.67. The van der Waals surface area contributed by atoms with Crippen LogP contribution in [0.1, 0.15) is 29.3 Å². The topological polar surface area (TPSA) is 56.3 Å². The van der Waals surface area contributed by atoms with Crippen LogP contribution in [0.3, 0.4) is 0 Å². The summed E-state index contributed by atoms with van der Waals surface area (Å²) in [5.41, 5.74) is 0.683. The molecule has 0 aromatic carbocycles. The molecule has 4 heterocycles. The van der Waals surface area contributed by atoms with Crippen molar-refractivity contribution in [1.82, 2.24) is 4.98 Å². The van der Waals surface area contributed by atoms with Crippen LogP contribution in [-0.4, -0.2) is 28.8 Å². The molecular formula is C17H15NO3S2. The van der Waals surface area contributed by atoms with Crippen molar-refractivity contribution in [2.75, 3.05) is 0 Å². The third-order valence-corrected chi connectivity index (χ3v) is 7.36. The van der Waals surface area contributed by atoms with Crippen LogP contribution in [0.2, 0.25) is 0 Å². The van der Waals surface area contributed by atoms with Gasteiger partial charge in [-0.3, -0.25) is 9.59 Å². The summed E-state index contributed by atoms with van der Waals surface area (Å²) < 4.78 is 5.80. The van der Waals surface area contributed by atoms with Crippen LogP contribution < -0.4 is 0 Å². The Morgan fingerprint density at radius 2 is 1.87 bits per heavy atom. The number of carbonyl (C=O) groups is 2. The molecule has 2 bridgehead atoms. The first kappa shape index (κ1) is 14.0. The number of ether oxygens (including phenoxy) is 1. The van der Waals surface area contributed by atoms with Crippen molar-refractivity contribution in [2.24, 2.45) is 11.8 Å². The lowest BCUT2D eigenvalue weighted by atomic mass is 9.81. The van der Waals surface area contributed by atoms with Gasteiger partial charge in [-0.05, 0) is 31.2 Å². The van der Waals surface area contributed by atoms with Crippen molar-refractivity contribution in [2.45, 2.75) is 37.9 Å². The summed E-state index contributed by atoms with van der Waals surface area (Å²) >= 11 is 3.20. The van der Waals surface area contributed by atoms with Crippen molar-refractivity contribution in [3.05, 3.63) is 28.1 Å². The highest BCUT2D eigenvalue weighted by molar-refractivity contribution is 7.21. The molecule has 2 saturated heterocycles. The van der Waals surface area contributed by atoms with Gasteiger partial charge in [-0.25, -0.2) is 4.98 Å². The molecule has 118 valence electrons. The molecule has 5 atom stereocenters. The quantitative estimate of drug-likeness (QED) is 0.784. The Morgan fingerprint density at radius 1 is 1.17 bits per heavy atom.